The number of aryl methyl sites for hydroxylation is 1. The third kappa shape index (κ3) is 4.67. The maximum atomic E-state index is 11.8. The van der Waals surface area contributed by atoms with Crippen molar-refractivity contribution in [3.05, 3.63) is 74.1 Å². The third-order valence-electron chi connectivity index (χ3n) is 3.67. The number of benzene rings is 2. The second-order valence-electron chi connectivity index (χ2n) is 5.63. The van der Waals surface area contributed by atoms with Crippen molar-refractivity contribution in [2.24, 2.45) is 5.10 Å². The van der Waals surface area contributed by atoms with E-state index in [4.69, 9.17) is 32.4 Å². The lowest BCUT2D eigenvalue weighted by molar-refractivity contribution is -0.123. The zero-order chi connectivity index (χ0) is 19.4. The largest absolute Gasteiger partial charge is 0.484 e. The summed E-state index contributed by atoms with van der Waals surface area (Å²) < 4.78 is 10.5. The Morgan fingerprint density at radius 1 is 1.26 bits per heavy atom. The number of hydrazone groups is 1. The highest BCUT2D eigenvalue weighted by molar-refractivity contribution is 6.43. The number of rotatable bonds is 5. The van der Waals surface area contributed by atoms with Gasteiger partial charge in [-0.05, 0) is 30.7 Å². The SMILES string of the molecule is Cc1cc(=O)oc2cc(OCC(=O)N/N=C\c3cccc(Cl)c3Cl)ccc12. The third-order valence-corrected chi connectivity index (χ3v) is 4.50. The van der Waals surface area contributed by atoms with Crippen LogP contribution in [-0.2, 0) is 4.79 Å². The number of nitrogens with one attached hydrogen (secondary N) is 1. The summed E-state index contributed by atoms with van der Waals surface area (Å²) in [6.07, 6.45) is 1.39. The van der Waals surface area contributed by atoms with Crippen LogP contribution in [0.3, 0.4) is 0 Å². The number of hydrogen-bond donors (Lipinski definition) is 1. The van der Waals surface area contributed by atoms with Crippen LogP contribution in [0.1, 0.15) is 11.1 Å². The Labute approximate surface area is 164 Å². The van der Waals surface area contributed by atoms with Gasteiger partial charge in [0.2, 0.25) is 0 Å². The van der Waals surface area contributed by atoms with Crippen molar-refractivity contribution in [1.82, 2.24) is 5.43 Å². The van der Waals surface area contributed by atoms with E-state index in [1.54, 1.807) is 36.4 Å². The molecule has 0 saturated heterocycles. The smallest absolute Gasteiger partial charge is 0.336 e. The molecule has 0 aliphatic heterocycles. The Hall–Kier alpha value is -2.83. The van der Waals surface area contributed by atoms with E-state index in [0.717, 1.165) is 10.9 Å². The van der Waals surface area contributed by atoms with E-state index >= 15 is 0 Å². The van der Waals surface area contributed by atoms with Gasteiger partial charge in [-0.15, -0.1) is 0 Å². The summed E-state index contributed by atoms with van der Waals surface area (Å²) in [5, 5.41) is 5.37. The molecule has 3 aromatic rings. The van der Waals surface area contributed by atoms with Crippen LogP contribution in [0, 0.1) is 6.92 Å². The second kappa shape index (κ2) is 8.24. The first-order valence-corrected chi connectivity index (χ1v) is 8.63. The highest BCUT2D eigenvalue weighted by Crippen LogP contribution is 2.24. The monoisotopic (exact) mass is 404 g/mol. The molecular weight excluding hydrogens is 391 g/mol. The van der Waals surface area contributed by atoms with Gasteiger partial charge in [-0.1, -0.05) is 35.3 Å². The highest BCUT2D eigenvalue weighted by Gasteiger charge is 2.06. The average Bonchev–Trinajstić information content (AvgIpc) is 2.63. The van der Waals surface area contributed by atoms with Crippen LogP contribution in [0.15, 0.2) is 56.8 Å². The molecule has 8 heteroatoms. The van der Waals surface area contributed by atoms with Crippen LogP contribution in [0.4, 0.5) is 0 Å². The molecule has 0 aliphatic rings. The van der Waals surface area contributed by atoms with Crippen LogP contribution in [0.2, 0.25) is 10.0 Å². The lowest BCUT2D eigenvalue weighted by Gasteiger charge is -2.07. The van der Waals surface area contributed by atoms with Crippen LogP contribution in [0.25, 0.3) is 11.0 Å². The van der Waals surface area contributed by atoms with Gasteiger partial charge in [0.05, 0.1) is 16.3 Å². The first-order chi connectivity index (χ1) is 12.9. The molecule has 27 heavy (non-hydrogen) atoms. The molecule has 0 fully saturated rings. The van der Waals surface area contributed by atoms with Gasteiger partial charge in [-0.2, -0.15) is 5.10 Å². The molecular formula is C19H14Cl2N2O4. The van der Waals surface area contributed by atoms with Crippen molar-refractivity contribution in [2.75, 3.05) is 6.61 Å². The molecule has 1 heterocycles. The Morgan fingerprint density at radius 3 is 2.89 bits per heavy atom. The fraction of sp³-hybridized carbons (Fsp3) is 0.105. The number of nitrogens with zero attached hydrogens (tertiary/aromatic N) is 1. The van der Waals surface area contributed by atoms with Crippen molar-refractivity contribution in [3.8, 4) is 5.75 Å². The minimum Gasteiger partial charge on any atom is -0.484 e. The molecule has 6 nitrogen and oxygen atoms in total. The standard InChI is InChI=1S/C19H14Cl2N2O4/c1-11-7-18(25)27-16-8-13(5-6-14(11)16)26-10-17(24)23-22-9-12-3-2-4-15(20)19(12)21/h2-9H,10H2,1H3,(H,23,24)/b22-9-. The molecule has 1 amide bonds. The normalized spacial score (nSPS) is 11.1. The quantitative estimate of drug-likeness (QED) is 0.396. The van der Waals surface area contributed by atoms with Gasteiger partial charge in [0.25, 0.3) is 5.91 Å². The first-order valence-electron chi connectivity index (χ1n) is 7.87. The average molecular weight is 405 g/mol. The number of fused-ring (bicyclic) bond motifs is 1. The Balaban J connectivity index is 1.60. The number of ether oxygens (including phenoxy) is 1. The van der Waals surface area contributed by atoms with E-state index in [1.165, 1.54) is 12.3 Å². The lowest BCUT2D eigenvalue weighted by atomic mass is 10.1. The molecule has 0 saturated carbocycles. The molecule has 138 valence electrons. The van der Waals surface area contributed by atoms with Gasteiger partial charge in [-0.3, -0.25) is 4.79 Å². The van der Waals surface area contributed by atoms with Crippen molar-refractivity contribution >= 4 is 46.3 Å². The zero-order valence-electron chi connectivity index (χ0n) is 14.2. The van der Waals surface area contributed by atoms with Gasteiger partial charge in [-0.25, -0.2) is 10.2 Å². The van der Waals surface area contributed by atoms with Crippen LogP contribution >= 0.6 is 23.2 Å². The van der Waals surface area contributed by atoms with Crippen LogP contribution < -0.4 is 15.8 Å². The van der Waals surface area contributed by atoms with E-state index in [2.05, 4.69) is 10.5 Å². The highest BCUT2D eigenvalue weighted by atomic mass is 35.5. The summed E-state index contributed by atoms with van der Waals surface area (Å²) >= 11 is 11.9. The molecule has 0 radical (unpaired) electrons. The van der Waals surface area contributed by atoms with Crippen molar-refractivity contribution in [3.63, 3.8) is 0 Å². The first kappa shape index (κ1) is 18.9. The van der Waals surface area contributed by atoms with Gasteiger partial charge in [0.15, 0.2) is 6.61 Å². The van der Waals surface area contributed by atoms with E-state index < -0.39 is 11.5 Å². The van der Waals surface area contributed by atoms with Gasteiger partial charge < -0.3 is 9.15 Å². The summed E-state index contributed by atoms with van der Waals surface area (Å²) in [6.45, 7) is 1.56. The summed E-state index contributed by atoms with van der Waals surface area (Å²) in [4.78, 5) is 23.3. The maximum absolute atomic E-state index is 11.8. The zero-order valence-corrected chi connectivity index (χ0v) is 15.7. The summed E-state index contributed by atoms with van der Waals surface area (Å²) in [7, 11) is 0. The lowest BCUT2D eigenvalue weighted by Crippen LogP contribution is -2.24. The molecule has 1 N–H and O–H groups in total. The number of halogens is 2. The number of hydrogen-bond acceptors (Lipinski definition) is 5. The second-order valence-corrected chi connectivity index (χ2v) is 6.42. The fourth-order valence-electron chi connectivity index (χ4n) is 2.37. The van der Waals surface area contributed by atoms with Crippen molar-refractivity contribution in [1.29, 1.82) is 0 Å². The molecule has 0 aliphatic carbocycles. The number of carbonyl (C=O) groups excluding carboxylic acids is 1. The number of amides is 1. The molecule has 0 bridgehead atoms. The van der Waals surface area contributed by atoms with Crippen LogP contribution in [0.5, 0.6) is 5.75 Å². The summed E-state index contributed by atoms with van der Waals surface area (Å²) in [5.41, 5.74) is 3.67. The molecule has 0 atom stereocenters. The van der Waals surface area contributed by atoms with Gasteiger partial charge >= 0.3 is 5.63 Å². The van der Waals surface area contributed by atoms with E-state index in [9.17, 15) is 9.59 Å². The van der Waals surface area contributed by atoms with Gasteiger partial charge in [0.1, 0.15) is 11.3 Å². The number of carbonyl (C=O) groups is 1. The molecule has 1 aromatic heterocycles. The van der Waals surface area contributed by atoms with E-state index in [0.29, 0.717) is 26.9 Å². The predicted octanol–water partition coefficient (Wildman–Crippen LogP) is 3.94. The fourth-order valence-corrected chi connectivity index (χ4v) is 2.73. The molecule has 0 unspecified atom stereocenters. The molecule has 3 rings (SSSR count). The summed E-state index contributed by atoms with van der Waals surface area (Å²) in [6, 6.07) is 11.5. The molecule has 2 aromatic carbocycles. The topological polar surface area (TPSA) is 80.9 Å². The van der Waals surface area contributed by atoms with Crippen LogP contribution in [-0.4, -0.2) is 18.7 Å². The maximum Gasteiger partial charge on any atom is 0.336 e. The summed E-state index contributed by atoms with van der Waals surface area (Å²) in [5.74, 6) is -0.0662. The van der Waals surface area contributed by atoms with Crippen molar-refractivity contribution < 1.29 is 13.9 Å². The van der Waals surface area contributed by atoms with Gasteiger partial charge in [0, 0.05) is 23.1 Å². The van der Waals surface area contributed by atoms with E-state index in [-0.39, 0.29) is 6.61 Å². The Bertz CT molecular complexity index is 1090. The Kier molecular flexibility index (Phi) is 5.78. The van der Waals surface area contributed by atoms with Crippen molar-refractivity contribution in [2.45, 2.75) is 6.92 Å². The molecule has 0 spiro atoms. The Morgan fingerprint density at radius 2 is 2.07 bits per heavy atom. The van der Waals surface area contributed by atoms with E-state index in [1.807, 2.05) is 6.92 Å². The predicted molar refractivity (Wildman–Crippen MR) is 105 cm³/mol. The minimum atomic E-state index is -0.463. The minimum absolute atomic E-state index is 0.262.